The van der Waals surface area contributed by atoms with Crippen molar-refractivity contribution in [2.24, 2.45) is 0 Å². The smallest absolute Gasteiger partial charge is 0.257 e. The quantitative estimate of drug-likeness (QED) is 0.743. The van der Waals surface area contributed by atoms with E-state index in [4.69, 9.17) is 34.4 Å². The summed E-state index contributed by atoms with van der Waals surface area (Å²) in [5.74, 6) is 1.90. The van der Waals surface area contributed by atoms with Crippen LogP contribution in [-0.4, -0.2) is 44.9 Å². The van der Waals surface area contributed by atoms with Gasteiger partial charge in [0, 0.05) is 24.3 Å². The van der Waals surface area contributed by atoms with Crippen molar-refractivity contribution in [1.82, 2.24) is 4.31 Å². The van der Waals surface area contributed by atoms with E-state index in [2.05, 4.69) is 11.2 Å². The summed E-state index contributed by atoms with van der Waals surface area (Å²) >= 11 is 12.3. The third kappa shape index (κ3) is 4.32. The number of terminal acetylenes is 1. The molecular formula is C19H16Cl2N2O4S. The Balaban J connectivity index is 1.94. The number of halogens is 2. The first-order chi connectivity index (χ1) is 13.3. The number of ether oxygens (including phenoxy) is 1. The Labute approximate surface area is 173 Å². The molecule has 0 atom stereocenters. The molecule has 28 heavy (non-hydrogen) atoms. The van der Waals surface area contributed by atoms with Gasteiger partial charge in [0.05, 0.1) is 28.8 Å². The summed E-state index contributed by atoms with van der Waals surface area (Å²) in [6.45, 7) is 1.01. The summed E-state index contributed by atoms with van der Waals surface area (Å²) in [4.78, 5) is 12.5. The van der Waals surface area contributed by atoms with E-state index in [0.29, 0.717) is 24.5 Å². The van der Waals surface area contributed by atoms with Crippen molar-refractivity contribution >= 4 is 44.8 Å². The largest absolute Gasteiger partial charge is 0.379 e. The number of anilines is 1. The molecule has 2 aromatic rings. The Morgan fingerprint density at radius 2 is 1.86 bits per heavy atom. The van der Waals surface area contributed by atoms with Gasteiger partial charge in [0.1, 0.15) is 4.90 Å². The summed E-state index contributed by atoms with van der Waals surface area (Å²) in [6, 6.07) is 9.14. The fourth-order valence-electron chi connectivity index (χ4n) is 2.71. The fraction of sp³-hybridized carbons (Fsp3) is 0.211. The molecule has 0 spiro atoms. The second-order valence-electron chi connectivity index (χ2n) is 5.96. The zero-order valence-corrected chi connectivity index (χ0v) is 16.9. The Kier molecular flexibility index (Phi) is 6.28. The molecule has 1 aliphatic rings. The van der Waals surface area contributed by atoms with Crippen LogP contribution in [0.5, 0.6) is 0 Å². The molecule has 0 saturated carbocycles. The summed E-state index contributed by atoms with van der Waals surface area (Å²) in [7, 11) is -3.89. The summed E-state index contributed by atoms with van der Waals surface area (Å²) in [5, 5.41) is 2.65. The third-order valence-corrected chi connectivity index (χ3v) is 6.82. The number of nitrogens with one attached hydrogen (secondary N) is 1. The Morgan fingerprint density at radius 1 is 1.14 bits per heavy atom. The first kappa shape index (κ1) is 20.6. The van der Waals surface area contributed by atoms with Crippen LogP contribution in [0.25, 0.3) is 0 Å². The van der Waals surface area contributed by atoms with Crippen molar-refractivity contribution in [3.8, 4) is 12.3 Å². The minimum Gasteiger partial charge on any atom is -0.379 e. The van der Waals surface area contributed by atoms with Gasteiger partial charge in [-0.15, -0.1) is 6.42 Å². The van der Waals surface area contributed by atoms with Gasteiger partial charge in [-0.1, -0.05) is 35.2 Å². The average molecular weight is 439 g/mol. The molecule has 1 saturated heterocycles. The number of hydrogen-bond acceptors (Lipinski definition) is 4. The van der Waals surface area contributed by atoms with E-state index < -0.39 is 15.9 Å². The van der Waals surface area contributed by atoms with Crippen LogP contribution in [0.1, 0.15) is 15.9 Å². The van der Waals surface area contributed by atoms with Crippen LogP contribution in [-0.2, 0) is 14.8 Å². The van der Waals surface area contributed by atoms with E-state index in [1.807, 2.05) is 0 Å². The number of sulfonamides is 1. The maximum atomic E-state index is 12.9. The number of benzene rings is 2. The van der Waals surface area contributed by atoms with Crippen molar-refractivity contribution in [2.75, 3.05) is 31.6 Å². The van der Waals surface area contributed by atoms with Gasteiger partial charge in [-0.2, -0.15) is 4.31 Å². The van der Waals surface area contributed by atoms with E-state index in [-0.39, 0.29) is 33.6 Å². The molecule has 1 fully saturated rings. The van der Waals surface area contributed by atoms with Crippen LogP contribution in [0.4, 0.5) is 5.69 Å². The topological polar surface area (TPSA) is 75.7 Å². The van der Waals surface area contributed by atoms with Crippen molar-refractivity contribution < 1.29 is 17.9 Å². The Morgan fingerprint density at radius 3 is 2.54 bits per heavy atom. The molecule has 146 valence electrons. The van der Waals surface area contributed by atoms with E-state index in [1.54, 1.807) is 24.3 Å². The monoisotopic (exact) mass is 438 g/mol. The molecule has 1 heterocycles. The lowest BCUT2D eigenvalue weighted by Crippen LogP contribution is -2.40. The second-order valence-corrected chi connectivity index (χ2v) is 8.68. The van der Waals surface area contributed by atoms with Crippen molar-refractivity contribution in [3.05, 3.63) is 57.6 Å². The average Bonchev–Trinajstić information content (AvgIpc) is 2.68. The van der Waals surface area contributed by atoms with Crippen molar-refractivity contribution in [1.29, 1.82) is 0 Å². The third-order valence-electron chi connectivity index (χ3n) is 4.14. The highest BCUT2D eigenvalue weighted by Gasteiger charge is 2.30. The fourth-order valence-corrected chi connectivity index (χ4v) is 4.95. The zero-order chi connectivity index (χ0) is 20.3. The highest BCUT2D eigenvalue weighted by molar-refractivity contribution is 7.89. The number of carbonyl (C=O) groups is 1. The second kappa shape index (κ2) is 8.52. The van der Waals surface area contributed by atoms with E-state index >= 15 is 0 Å². The number of hydrogen-bond donors (Lipinski definition) is 1. The number of rotatable bonds is 4. The molecule has 0 aliphatic carbocycles. The first-order valence-electron chi connectivity index (χ1n) is 8.28. The predicted octanol–water partition coefficient (Wildman–Crippen LogP) is 3.25. The SMILES string of the molecule is C#Cc1cccc(NC(=O)c2cc(S(=O)(=O)N3CCOCC3)c(Cl)cc2Cl)c1. The zero-order valence-electron chi connectivity index (χ0n) is 14.6. The summed E-state index contributed by atoms with van der Waals surface area (Å²) < 4.78 is 32.3. The Hall–Kier alpha value is -2.08. The lowest BCUT2D eigenvalue weighted by Gasteiger charge is -2.26. The molecule has 1 amide bonds. The highest BCUT2D eigenvalue weighted by atomic mass is 35.5. The van der Waals surface area contributed by atoms with Gasteiger partial charge in [-0.25, -0.2) is 8.42 Å². The predicted molar refractivity (Wildman–Crippen MR) is 108 cm³/mol. The molecule has 1 N–H and O–H groups in total. The maximum Gasteiger partial charge on any atom is 0.257 e. The molecule has 1 aliphatic heterocycles. The standard InChI is InChI=1S/C19H16Cl2N2O4S/c1-2-13-4-3-5-14(10-13)22-19(24)15-11-18(17(21)12-16(15)20)28(25,26)23-6-8-27-9-7-23/h1,3-5,10-12H,6-9H2,(H,22,24). The van der Waals surface area contributed by atoms with E-state index in [1.165, 1.54) is 16.4 Å². The van der Waals surface area contributed by atoms with Crippen LogP contribution in [0, 0.1) is 12.3 Å². The highest BCUT2D eigenvalue weighted by Crippen LogP contribution is 2.31. The molecule has 0 radical (unpaired) electrons. The van der Waals surface area contributed by atoms with Gasteiger partial charge >= 0.3 is 0 Å². The molecule has 0 unspecified atom stereocenters. The van der Waals surface area contributed by atoms with Crippen LogP contribution in [0.2, 0.25) is 10.0 Å². The molecule has 3 rings (SSSR count). The van der Waals surface area contributed by atoms with Gasteiger partial charge in [0.25, 0.3) is 5.91 Å². The van der Waals surface area contributed by atoms with Crippen LogP contribution in [0.3, 0.4) is 0 Å². The van der Waals surface area contributed by atoms with Gasteiger partial charge in [0.15, 0.2) is 0 Å². The summed E-state index contributed by atoms with van der Waals surface area (Å²) in [5.41, 5.74) is 1.05. The molecule has 0 bridgehead atoms. The first-order valence-corrected chi connectivity index (χ1v) is 10.5. The minimum absolute atomic E-state index is 0.0102. The van der Waals surface area contributed by atoms with Gasteiger partial charge in [-0.05, 0) is 30.3 Å². The number of carbonyl (C=O) groups excluding carboxylic acids is 1. The lowest BCUT2D eigenvalue weighted by molar-refractivity contribution is 0.0730. The van der Waals surface area contributed by atoms with Gasteiger partial charge < -0.3 is 10.1 Å². The van der Waals surface area contributed by atoms with Crippen LogP contribution >= 0.6 is 23.2 Å². The summed E-state index contributed by atoms with van der Waals surface area (Å²) in [6.07, 6.45) is 5.36. The van der Waals surface area contributed by atoms with E-state index in [0.717, 1.165) is 0 Å². The van der Waals surface area contributed by atoms with Gasteiger partial charge in [-0.3, -0.25) is 4.79 Å². The lowest BCUT2D eigenvalue weighted by atomic mass is 10.2. The maximum absolute atomic E-state index is 12.9. The van der Waals surface area contributed by atoms with Gasteiger partial charge in [0.2, 0.25) is 10.0 Å². The van der Waals surface area contributed by atoms with E-state index in [9.17, 15) is 13.2 Å². The molecule has 6 nitrogen and oxygen atoms in total. The van der Waals surface area contributed by atoms with Crippen molar-refractivity contribution in [2.45, 2.75) is 4.90 Å². The molecule has 9 heteroatoms. The molecular weight excluding hydrogens is 423 g/mol. The number of amides is 1. The van der Waals surface area contributed by atoms with Crippen LogP contribution in [0.15, 0.2) is 41.3 Å². The molecule has 2 aromatic carbocycles. The number of nitrogens with zero attached hydrogens (tertiary/aromatic N) is 1. The van der Waals surface area contributed by atoms with Crippen LogP contribution < -0.4 is 5.32 Å². The number of morpholine rings is 1. The van der Waals surface area contributed by atoms with Crippen molar-refractivity contribution in [3.63, 3.8) is 0 Å². The molecule has 0 aromatic heterocycles. The normalized spacial score (nSPS) is 15.0. The Bertz CT molecular complexity index is 1060. The minimum atomic E-state index is -3.89.